The maximum Gasteiger partial charge on any atom is 0.220 e. The Morgan fingerprint density at radius 3 is 1.06 bits per heavy atom. The molecule has 0 saturated carbocycles. The second kappa shape index (κ2) is 58.5. The van der Waals surface area contributed by atoms with Crippen LogP contribution in [-0.2, 0) is 23.7 Å². The molecular formula is C73H141NO13. The summed E-state index contributed by atoms with van der Waals surface area (Å²) in [5, 5.41) is 87.2. The van der Waals surface area contributed by atoms with Crippen molar-refractivity contribution in [2.45, 2.75) is 428 Å². The molecule has 0 aromatic rings. The zero-order chi connectivity index (χ0) is 63.1. The molecule has 2 rings (SSSR count). The molecule has 0 aromatic heterocycles. The van der Waals surface area contributed by atoms with E-state index in [0.717, 1.165) is 38.5 Å². The SMILES string of the molecule is CCCCCCCCCCCCC/C=C/C(O)C(COC1OC(CO)C(OC2OC(CO)C(O)C(O)C2O)C(O)C1O)NC(=O)CCCCCCCCCCCCCCCCCCCCCCCCCCCCCCCCCCCCCCCCCC. The summed E-state index contributed by atoms with van der Waals surface area (Å²) in [7, 11) is 0. The molecule has 0 bridgehead atoms. The van der Waals surface area contributed by atoms with Crippen LogP contribution in [0.2, 0.25) is 0 Å². The molecule has 14 nitrogen and oxygen atoms in total. The highest BCUT2D eigenvalue weighted by Gasteiger charge is 2.51. The minimum Gasteiger partial charge on any atom is -0.394 e. The van der Waals surface area contributed by atoms with Crippen LogP contribution < -0.4 is 5.32 Å². The van der Waals surface area contributed by atoms with Crippen LogP contribution in [0.4, 0.5) is 0 Å². The highest BCUT2D eigenvalue weighted by Crippen LogP contribution is 2.30. The van der Waals surface area contributed by atoms with E-state index in [0.29, 0.717) is 6.42 Å². The minimum atomic E-state index is -1.79. The van der Waals surface area contributed by atoms with E-state index >= 15 is 0 Å². The van der Waals surface area contributed by atoms with Crippen molar-refractivity contribution >= 4 is 5.91 Å². The summed E-state index contributed by atoms with van der Waals surface area (Å²) in [6.07, 6.45) is 56.1. The van der Waals surface area contributed by atoms with Gasteiger partial charge in [0, 0.05) is 6.42 Å². The van der Waals surface area contributed by atoms with Gasteiger partial charge in [0.2, 0.25) is 5.91 Å². The first kappa shape index (κ1) is 81.8. The summed E-state index contributed by atoms with van der Waals surface area (Å²) in [4.78, 5) is 13.3. The Morgan fingerprint density at radius 2 is 0.713 bits per heavy atom. The van der Waals surface area contributed by atoms with Gasteiger partial charge in [-0.3, -0.25) is 4.79 Å². The zero-order valence-electron chi connectivity index (χ0n) is 56.3. The number of unbranched alkanes of at least 4 members (excludes halogenated alkanes) is 50. The Morgan fingerprint density at radius 1 is 0.402 bits per heavy atom. The number of aliphatic hydroxyl groups is 8. The Hall–Kier alpha value is -1.27. The van der Waals surface area contributed by atoms with Gasteiger partial charge in [0.25, 0.3) is 0 Å². The highest BCUT2D eigenvalue weighted by molar-refractivity contribution is 5.76. The lowest BCUT2D eigenvalue weighted by Crippen LogP contribution is -2.65. The first-order chi connectivity index (χ1) is 42.6. The average Bonchev–Trinajstić information content (AvgIpc) is 2.65. The molecule has 516 valence electrons. The molecule has 9 N–H and O–H groups in total. The molecule has 12 atom stereocenters. The number of ether oxygens (including phenoxy) is 4. The fourth-order valence-electron chi connectivity index (χ4n) is 12.8. The predicted molar refractivity (Wildman–Crippen MR) is 355 cm³/mol. The number of hydrogen-bond donors (Lipinski definition) is 9. The highest BCUT2D eigenvalue weighted by atomic mass is 16.7. The van der Waals surface area contributed by atoms with Crippen LogP contribution in [0, 0.1) is 0 Å². The third kappa shape index (κ3) is 42.6. The fraction of sp³-hybridized carbons (Fsp3) is 0.959. The number of nitrogens with one attached hydrogen (secondary N) is 1. The molecule has 0 aromatic carbocycles. The van der Waals surface area contributed by atoms with Crippen molar-refractivity contribution in [2.75, 3.05) is 19.8 Å². The van der Waals surface area contributed by atoms with Crippen LogP contribution in [0.15, 0.2) is 12.2 Å². The summed E-state index contributed by atoms with van der Waals surface area (Å²) in [5.41, 5.74) is 0. The van der Waals surface area contributed by atoms with Gasteiger partial charge in [-0.25, -0.2) is 0 Å². The number of carbonyl (C=O) groups excluding carboxylic acids is 1. The number of rotatable bonds is 63. The normalized spacial score (nSPS) is 23.2. The smallest absolute Gasteiger partial charge is 0.220 e. The van der Waals surface area contributed by atoms with Crippen molar-refractivity contribution < 1.29 is 64.6 Å². The van der Waals surface area contributed by atoms with E-state index in [1.807, 2.05) is 6.08 Å². The number of allylic oxidation sites excluding steroid dienone is 1. The van der Waals surface area contributed by atoms with Gasteiger partial charge < -0.3 is 65.1 Å². The molecule has 1 amide bonds. The lowest BCUT2D eigenvalue weighted by atomic mass is 9.97. The van der Waals surface area contributed by atoms with E-state index in [1.54, 1.807) is 6.08 Å². The van der Waals surface area contributed by atoms with E-state index in [4.69, 9.17) is 18.9 Å². The van der Waals surface area contributed by atoms with Crippen molar-refractivity contribution in [3.05, 3.63) is 12.2 Å². The fourth-order valence-corrected chi connectivity index (χ4v) is 12.8. The van der Waals surface area contributed by atoms with Crippen molar-refractivity contribution in [2.24, 2.45) is 0 Å². The minimum absolute atomic E-state index is 0.232. The van der Waals surface area contributed by atoms with Crippen molar-refractivity contribution in [1.82, 2.24) is 5.32 Å². The van der Waals surface area contributed by atoms with E-state index in [-0.39, 0.29) is 18.9 Å². The molecule has 0 radical (unpaired) electrons. The summed E-state index contributed by atoms with van der Waals surface area (Å²) in [6.45, 7) is 2.84. The molecule has 0 spiro atoms. The molecule has 87 heavy (non-hydrogen) atoms. The van der Waals surface area contributed by atoms with Crippen molar-refractivity contribution in [3.63, 3.8) is 0 Å². The summed E-state index contributed by atoms with van der Waals surface area (Å²) in [6, 6.07) is -0.910. The van der Waals surface area contributed by atoms with Gasteiger partial charge in [0.15, 0.2) is 12.6 Å². The Labute approximate surface area is 533 Å². The third-order valence-electron chi connectivity index (χ3n) is 18.7. The monoisotopic (exact) mass is 1240 g/mol. The van der Waals surface area contributed by atoms with Crippen molar-refractivity contribution in [1.29, 1.82) is 0 Å². The molecular weight excluding hydrogens is 1100 g/mol. The van der Waals surface area contributed by atoms with Crippen LogP contribution in [0.25, 0.3) is 0 Å². The molecule has 12 unspecified atom stereocenters. The lowest BCUT2D eigenvalue weighted by Gasteiger charge is -2.46. The van der Waals surface area contributed by atoms with Gasteiger partial charge in [-0.2, -0.15) is 0 Å². The first-order valence-electron chi connectivity index (χ1n) is 37.4. The quantitative estimate of drug-likeness (QED) is 0.0204. The molecule has 0 aliphatic carbocycles. The molecule has 14 heteroatoms. The van der Waals surface area contributed by atoms with Crippen LogP contribution in [0.5, 0.6) is 0 Å². The summed E-state index contributed by atoms with van der Waals surface area (Å²) in [5.74, 6) is -0.232. The van der Waals surface area contributed by atoms with Crippen LogP contribution in [-0.4, -0.2) is 140 Å². The van der Waals surface area contributed by atoms with Crippen LogP contribution >= 0.6 is 0 Å². The second-order valence-corrected chi connectivity index (χ2v) is 26.8. The van der Waals surface area contributed by atoms with Gasteiger partial charge in [-0.15, -0.1) is 0 Å². The summed E-state index contributed by atoms with van der Waals surface area (Å²) >= 11 is 0. The second-order valence-electron chi connectivity index (χ2n) is 26.8. The van der Waals surface area contributed by atoms with Gasteiger partial charge in [-0.05, 0) is 19.3 Å². The topological polar surface area (TPSA) is 228 Å². The standard InChI is InChI=1S/C73H141NO13/c1-3-5-7-9-11-13-15-17-18-19-20-21-22-23-24-25-26-27-28-29-30-31-32-33-34-35-36-37-38-39-40-41-42-43-45-47-49-51-53-55-57-65(78)74-61(62(77)56-54-52-50-48-46-44-16-14-12-10-8-6-4-2)60-84-72-70(83)68(81)71(64(59-76)86-72)87-73-69(82)67(80)66(79)63(58-75)85-73/h54,56,61-64,66-73,75-77,79-83H,3-53,55,57-60H2,1-2H3,(H,74,78)/b56-54+. The largest absolute Gasteiger partial charge is 0.394 e. The van der Waals surface area contributed by atoms with Crippen LogP contribution in [0.1, 0.15) is 354 Å². The summed E-state index contributed by atoms with van der Waals surface area (Å²) < 4.78 is 22.8. The van der Waals surface area contributed by atoms with Gasteiger partial charge in [0.05, 0.1) is 32.0 Å². The molecule has 2 heterocycles. The molecule has 2 aliphatic rings. The Bertz CT molecular complexity index is 1510. The number of carbonyl (C=O) groups is 1. The van der Waals surface area contributed by atoms with E-state index in [1.165, 1.54) is 289 Å². The van der Waals surface area contributed by atoms with E-state index < -0.39 is 86.8 Å². The third-order valence-corrected chi connectivity index (χ3v) is 18.7. The van der Waals surface area contributed by atoms with Gasteiger partial charge in [0.1, 0.15) is 48.8 Å². The van der Waals surface area contributed by atoms with Crippen LogP contribution in [0.3, 0.4) is 0 Å². The van der Waals surface area contributed by atoms with Gasteiger partial charge >= 0.3 is 0 Å². The first-order valence-corrected chi connectivity index (χ1v) is 37.4. The maximum atomic E-state index is 13.3. The number of amides is 1. The predicted octanol–water partition coefficient (Wildman–Crippen LogP) is 15.7. The average molecular weight is 1240 g/mol. The Balaban J connectivity index is 1.52. The molecule has 2 saturated heterocycles. The Kier molecular flexibility index (Phi) is 55.1. The van der Waals surface area contributed by atoms with E-state index in [9.17, 15) is 45.6 Å². The van der Waals surface area contributed by atoms with E-state index in [2.05, 4.69) is 19.2 Å². The number of hydrogen-bond acceptors (Lipinski definition) is 13. The molecule has 2 aliphatic heterocycles. The van der Waals surface area contributed by atoms with Crippen molar-refractivity contribution in [3.8, 4) is 0 Å². The maximum absolute atomic E-state index is 13.3. The molecule has 2 fully saturated rings. The lowest BCUT2D eigenvalue weighted by molar-refractivity contribution is -0.359. The number of aliphatic hydroxyl groups excluding tert-OH is 8. The zero-order valence-corrected chi connectivity index (χ0v) is 56.3. The van der Waals surface area contributed by atoms with Gasteiger partial charge in [-0.1, -0.05) is 341 Å².